The molecule has 2 rings (SSSR count). The van der Waals surface area contributed by atoms with Crippen molar-refractivity contribution >= 4 is 11.7 Å². The lowest BCUT2D eigenvalue weighted by molar-refractivity contribution is -0.384. The van der Waals surface area contributed by atoms with Gasteiger partial charge in [0.15, 0.2) is 0 Å². The van der Waals surface area contributed by atoms with Gasteiger partial charge in [-0.25, -0.2) is 0 Å². The predicted octanol–water partition coefficient (Wildman–Crippen LogP) is 2.99. The SMILES string of the molecule is CN(C1CCCCC1)C(C(=O)O)c1cccc([N+](=O)[O-])c1. The molecule has 1 aliphatic carbocycles. The maximum Gasteiger partial charge on any atom is 0.325 e. The van der Waals surface area contributed by atoms with Gasteiger partial charge in [0.25, 0.3) is 5.69 Å². The number of benzene rings is 1. The summed E-state index contributed by atoms with van der Waals surface area (Å²) in [5, 5.41) is 20.4. The van der Waals surface area contributed by atoms with Crippen LogP contribution in [0.15, 0.2) is 24.3 Å². The normalized spacial score (nSPS) is 17.6. The quantitative estimate of drug-likeness (QED) is 0.666. The Morgan fingerprint density at radius 1 is 1.38 bits per heavy atom. The average molecular weight is 292 g/mol. The van der Waals surface area contributed by atoms with Gasteiger partial charge >= 0.3 is 5.97 Å². The zero-order chi connectivity index (χ0) is 15.4. The van der Waals surface area contributed by atoms with E-state index in [1.165, 1.54) is 24.6 Å². The van der Waals surface area contributed by atoms with Crippen molar-refractivity contribution in [1.29, 1.82) is 0 Å². The first kappa shape index (κ1) is 15.4. The van der Waals surface area contributed by atoms with Crippen LogP contribution in [0.4, 0.5) is 5.69 Å². The van der Waals surface area contributed by atoms with Crippen molar-refractivity contribution in [3.05, 3.63) is 39.9 Å². The molecule has 0 aliphatic heterocycles. The summed E-state index contributed by atoms with van der Waals surface area (Å²) in [6.45, 7) is 0. The zero-order valence-electron chi connectivity index (χ0n) is 12.1. The third-order valence-electron chi connectivity index (χ3n) is 4.19. The van der Waals surface area contributed by atoms with Crippen LogP contribution in [0, 0.1) is 10.1 Å². The number of nitrogens with zero attached hydrogens (tertiary/aromatic N) is 2. The molecule has 1 aromatic carbocycles. The highest BCUT2D eigenvalue weighted by Crippen LogP contribution is 2.30. The second-order valence-corrected chi connectivity index (χ2v) is 5.55. The van der Waals surface area contributed by atoms with E-state index in [0.717, 1.165) is 25.7 Å². The first-order chi connectivity index (χ1) is 10.0. The number of likely N-dealkylation sites (N-methyl/N-ethyl adjacent to an activating group) is 1. The second kappa shape index (κ2) is 6.67. The van der Waals surface area contributed by atoms with E-state index in [1.807, 2.05) is 4.90 Å². The van der Waals surface area contributed by atoms with E-state index in [4.69, 9.17) is 0 Å². The number of carbonyl (C=O) groups is 1. The molecule has 114 valence electrons. The Hall–Kier alpha value is -1.95. The average Bonchev–Trinajstić information content (AvgIpc) is 2.48. The molecule has 0 aromatic heterocycles. The Morgan fingerprint density at radius 2 is 2.05 bits per heavy atom. The molecule has 0 spiro atoms. The summed E-state index contributed by atoms with van der Waals surface area (Å²) in [4.78, 5) is 23.9. The minimum absolute atomic E-state index is 0.0733. The fourth-order valence-corrected chi connectivity index (χ4v) is 3.06. The van der Waals surface area contributed by atoms with Crippen molar-refractivity contribution < 1.29 is 14.8 Å². The predicted molar refractivity (Wildman–Crippen MR) is 78.1 cm³/mol. The van der Waals surface area contributed by atoms with Gasteiger partial charge in [-0.15, -0.1) is 0 Å². The van der Waals surface area contributed by atoms with E-state index in [2.05, 4.69) is 0 Å². The Morgan fingerprint density at radius 3 is 2.62 bits per heavy atom. The van der Waals surface area contributed by atoms with E-state index in [-0.39, 0.29) is 11.7 Å². The van der Waals surface area contributed by atoms with Gasteiger partial charge in [0.2, 0.25) is 0 Å². The van der Waals surface area contributed by atoms with Crippen molar-refractivity contribution in [3.63, 3.8) is 0 Å². The molecule has 1 atom stereocenters. The lowest BCUT2D eigenvalue weighted by Gasteiger charge is -2.35. The number of hydrogen-bond donors (Lipinski definition) is 1. The van der Waals surface area contributed by atoms with Crippen LogP contribution in [0.2, 0.25) is 0 Å². The molecule has 6 nitrogen and oxygen atoms in total. The highest BCUT2D eigenvalue weighted by atomic mass is 16.6. The van der Waals surface area contributed by atoms with Crippen LogP contribution in [-0.2, 0) is 4.79 Å². The minimum atomic E-state index is -0.969. The summed E-state index contributed by atoms with van der Waals surface area (Å²) in [6, 6.07) is 5.30. The fraction of sp³-hybridized carbons (Fsp3) is 0.533. The topological polar surface area (TPSA) is 83.7 Å². The number of aliphatic carboxylic acids is 1. The number of non-ortho nitro benzene ring substituents is 1. The minimum Gasteiger partial charge on any atom is -0.480 e. The number of carboxylic acid groups (broad SMARTS) is 1. The number of nitro groups is 1. The van der Waals surface area contributed by atoms with Crippen molar-refractivity contribution in [2.24, 2.45) is 0 Å². The van der Waals surface area contributed by atoms with Gasteiger partial charge in [-0.2, -0.15) is 0 Å². The highest BCUT2D eigenvalue weighted by Gasteiger charge is 2.31. The summed E-state index contributed by atoms with van der Waals surface area (Å²) in [5.74, 6) is -0.969. The first-order valence-corrected chi connectivity index (χ1v) is 7.20. The molecule has 0 bridgehead atoms. The van der Waals surface area contributed by atoms with Crippen LogP contribution in [0.1, 0.15) is 43.7 Å². The van der Waals surface area contributed by atoms with Crippen molar-refractivity contribution in [2.45, 2.75) is 44.2 Å². The van der Waals surface area contributed by atoms with Gasteiger partial charge in [-0.3, -0.25) is 19.8 Å². The molecule has 1 aliphatic rings. The van der Waals surface area contributed by atoms with Crippen molar-refractivity contribution in [3.8, 4) is 0 Å². The summed E-state index contributed by atoms with van der Waals surface area (Å²) in [6.07, 6.45) is 5.37. The van der Waals surface area contributed by atoms with Crippen LogP contribution < -0.4 is 0 Å². The second-order valence-electron chi connectivity index (χ2n) is 5.55. The van der Waals surface area contributed by atoms with Crippen LogP contribution in [0.5, 0.6) is 0 Å². The molecule has 1 N–H and O–H groups in total. The fourth-order valence-electron chi connectivity index (χ4n) is 3.06. The van der Waals surface area contributed by atoms with E-state index in [1.54, 1.807) is 13.1 Å². The van der Waals surface area contributed by atoms with Crippen LogP contribution in [0.3, 0.4) is 0 Å². The molecule has 1 saturated carbocycles. The van der Waals surface area contributed by atoms with E-state index in [9.17, 15) is 20.0 Å². The monoisotopic (exact) mass is 292 g/mol. The number of rotatable bonds is 5. The van der Waals surface area contributed by atoms with Crippen molar-refractivity contribution in [2.75, 3.05) is 7.05 Å². The van der Waals surface area contributed by atoms with Gasteiger partial charge in [-0.05, 0) is 25.5 Å². The maximum atomic E-state index is 11.7. The van der Waals surface area contributed by atoms with E-state index < -0.39 is 16.9 Å². The van der Waals surface area contributed by atoms with Gasteiger partial charge < -0.3 is 5.11 Å². The highest BCUT2D eigenvalue weighted by molar-refractivity contribution is 5.76. The summed E-state index contributed by atoms with van der Waals surface area (Å²) >= 11 is 0. The lowest BCUT2D eigenvalue weighted by atomic mass is 9.92. The maximum absolute atomic E-state index is 11.7. The molecule has 0 saturated heterocycles. The Labute approximate surface area is 123 Å². The number of carboxylic acids is 1. The Bertz CT molecular complexity index is 526. The van der Waals surface area contributed by atoms with Crippen LogP contribution in [0.25, 0.3) is 0 Å². The van der Waals surface area contributed by atoms with Crippen LogP contribution >= 0.6 is 0 Å². The van der Waals surface area contributed by atoms with Gasteiger partial charge in [0, 0.05) is 18.2 Å². The Balaban J connectivity index is 2.27. The molecule has 1 fully saturated rings. The smallest absolute Gasteiger partial charge is 0.325 e. The third-order valence-corrected chi connectivity index (χ3v) is 4.19. The first-order valence-electron chi connectivity index (χ1n) is 7.20. The van der Waals surface area contributed by atoms with Gasteiger partial charge in [-0.1, -0.05) is 31.4 Å². The third kappa shape index (κ3) is 3.58. The number of hydrogen-bond acceptors (Lipinski definition) is 4. The molecule has 0 amide bonds. The zero-order valence-corrected chi connectivity index (χ0v) is 12.1. The molecule has 6 heteroatoms. The van der Waals surface area contributed by atoms with E-state index in [0.29, 0.717) is 5.56 Å². The molecule has 0 radical (unpaired) electrons. The van der Waals surface area contributed by atoms with Gasteiger partial charge in [0.1, 0.15) is 6.04 Å². The molecule has 21 heavy (non-hydrogen) atoms. The van der Waals surface area contributed by atoms with Gasteiger partial charge in [0.05, 0.1) is 4.92 Å². The van der Waals surface area contributed by atoms with Crippen molar-refractivity contribution in [1.82, 2.24) is 4.90 Å². The summed E-state index contributed by atoms with van der Waals surface area (Å²) in [5.41, 5.74) is 0.389. The van der Waals surface area contributed by atoms with Crippen LogP contribution in [-0.4, -0.2) is 34.0 Å². The number of nitro benzene ring substituents is 1. The standard InChI is InChI=1S/C15H20N2O4/c1-16(12-7-3-2-4-8-12)14(15(18)19)11-6-5-9-13(10-11)17(20)21/h5-6,9-10,12,14H,2-4,7-8H2,1H3,(H,18,19). The molecular formula is C15H20N2O4. The molecule has 1 unspecified atom stereocenters. The molecule has 0 heterocycles. The molecule has 1 aromatic rings. The van der Waals surface area contributed by atoms with E-state index >= 15 is 0 Å². The summed E-state index contributed by atoms with van der Waals surface area (Å²) in [7, 11) is 1.80. The summed E-state index contributed by atoms with van der Waals surface area (Å²) < 4.78 is 0. The largest absolute Gasteiger partial charge is 0.480 e. The molecular weight excluding hydrogens is 272 g/mol. The lowest BCUT2D eigenvalue weighted by Crippen LogP contribution is -2.40. The Kier molecular flexibility index (Phi) is 4.90.